The van der Waals surface area contributed by atoms with Crippen molar-refractivity contribution in [3.05, 3.63) is 29.3 Å². The van der Waals surface area contributed by atoms with Crippen LogP contribution in [-0.4, -0.2) is 19.1 Å². The normalized spacial score (nSPS) is 15.3. The van der Waals surface area contributed by atoms with Crippen molar-refractivity contribution >= 4 is 5.69 Å². The number of anilines is 1. The first kappa shape index (κ1) is 10.5. The van der Waals surface area contributed by atoms with Gasteiger partial charge in [-0.05, 0) is 43.9 Å². The van der Waals surface area contributed by atoms with Crippen LogP contribution in [0.25, 0.3) is 0 Å². The highest BCUT2D eigenvalue weighted by molar-refractivity contribution is 5.52. The Bertz CT molecular complexity index is 329. The lowest BCUT2D eigenvalue weighted by Crippen LogP contribution is -2.24. The molecule has 1 aliphatic rings. The molecule has 2 N–H and O–H groups in total. The van der Waals surface area contributed by atoms with Gasteiger partial charge in [0.1, 0.15) is 0 Å². The Balaban J connectivity index is 1.78. The molecule has 1 fully saturated rings. The van der Waals surface area contributed by atoms with Crippen molar-refractivity contribution in [3.8, 4) is 0 Å². The van der Waals surface area contributed by atoms with Crippen LogP contribution in [0, 0.1) is 13.8 Å². The van der Waals surface area contributed by atoms with Crippen LogP contribution < -0.4 is 10.6 Å². The molecule has 82 valence electrons. The van der Waals surface area contributed by atoms with E-state index in [9.17, 15) is 0 Å². The fraction of sp³-hybridized carbons (Fsp3) is 0.538. The van der Waals surface area contributed by atoms with Gasteiger partial charge in [-0.15, -0.1) is 0 Å². The molecule has 0 aromatic heterocycles. The summed E-state index contributed by atoms with van der Waals surface area (Å²) in [5, 5.41) is 6.97. The lowest BCUT2D eigenvalue weighted by molar-refractivity contribution is 0.701. The number of nitrogens with one attached hydrogen (secondary N) is 2. The third-order valence-corrected chi connectivity index (χ3v) is 2.84. The minimum Gasteiger partial charge on any atom is -0.384 e. The zero-order valence-electron chi connectivity index (χ0n) is 9.64. The van der Waals surface area contributed by atoms with Gasteiger partial charge in [0.2, 0.25) is 0 Å². The van der Waals surface area contributed by atoms with Crippen LogP contribution in [0.15, 0.2) is 18.2 Å². The topological polar surface area (TPSA) is 24.1 Å². The van der Waals surface area contributed by atoms with Crippen molar-refractivity contribution < 1.29 is 0 Å². The van der Waals surface area contributed by atoms with Gasteiger partial charge >= 0.3 is 0 Å². The van der Waals surface area contributed by atoms with Crippen LogP contribution >= 0.6 is 0 Å². The van der Waals surface area contributed by atoms with E-state index < -0.39 is 0 Å². The van der Waals surface area contributed by atoms with Crippen molar-refractivity contribution in [1.82, 2.24) is 5.32 Å². The van der Waals surface area contributed by atoms with Crippen LogP contribution in [0.4, 0.5) is 5.69 Å². The van der Waals surface area contributed by atoms with Crippen LogP contribution in [0.3, 0.4) is 0 Å². The molecular weight excluding hydrogens is 184 g/mol. The van der Waals surface area contributed by atoms with E-state index in [2.05, 4.69) is 42.7 Å². The summed E-state index contributed by atoms with van der Waals surface area (Å²) in [6, 6.07) is 7.35. The molecule has 2 nitrogen and oxygen atoms in total. The van der Waals surface area contributed by atoms with Crippen LogP contribution in [0.2, 0.25) is 0 Å². The van der Waals surface area contributed by atoms with Crippen molar-refractivity contribution in [2.75, 3.05) is 18.4 Å². The minimum absolute atomic E-state index is 0.811. The number of hydrogen-bond donors (Lipinski definition) is 2. The molecule has 2 heteroatoms. The Morgan fingerprint density at radius 2 is 2.00 bits per heavy atom. The van der Waals surface area contributed by atoms with E-state index in [-0.39, 0.29) is 0 Å². The van der Waals surface area contributed by atoms with Crippen molar-refractivity contribution in [2.45, 2.75) is 32.7 Å². The molecule has 1 aromatic rings. The second-order valence-electron chi connectivity index (χ2n) is 4.47. The van der Waals surface area contributed by atoms with Gasteiger partial charge in [0.05, 0.1) is 0 Å². The van der Waals surface area contributed by atoms with E-state index >= 15 is 0 Å². The van der Waals surface area contributed by atoms with E-state index in [0.717, 1.165) is 19.1 Å². The van der Waals surface area contributed by atoms with E-state index in [0.29, 0.717) is 0 Å². The molecule has 1 aromatic carbocycles. The maximum atomic E-state index is 3.50. The Morgan fingerprint density at radius 3 is 2.73 bits per heavy atom. The van der Waals surface area contributed by atoms with Gasteiger partial charge in [0.15, 0.2) is 0 Å². The molecule has 0 heterocycles. The van der Waals surface area contributed by atoms with Crippen LogP contribution in [0.1, 0.15) is 24.0 Å². The maximum absolute atomic E-state index is 3.50. The lowest BCUT2D eigenvalue weighted by atomic mass is 10.1. The van der Waals surface area contributed by atoms with Crippen molar-refractivity contribution in [2.24, 2.45) is 0 Å². The van der Waals surface area contributed by atoms with Crippen LogP contribution in [0.5, 0.6) is 0 Å². The average Bonchev–Trinajstić information content (AvgIpc) is 3.01. The molecule has 0 unspecified atom stereocenters. The van der Waals surface area contributed by atoms with Gasteiger partial charge < -0.3 is 10.6 Å². The predicted octanol–water partition coefficient (Wildman–Crippen LogP) is 2.47. The van der Waals surface area contributed by atoms with E-state index in [1.54, 1.807) is 0 Å². The fourth-order valence-corrected chi connectivity index (χ4v) is 1.69. The molecule has 1 aliphatic carbocycles. The summed E-state index contributed by atoms with van der Waals surface area (Å²) in [7, 11) is 0. The second kappa shape index (κ2) is 4.67. The third kappa shape index (κ3) is 3.24. The van der Waals surface area contributed by atoms with Crippen LogP contribution in [-0.2, 0) is 0 Å². The zero-order chi connectivity index (χ0) is 10.7. The quantitative estimate of drug-likeness (QED) is 0.720. The summed E-state index contributed by atoms with van der Waals surface area (Å²) in [4.78, 5) is 0. The zero-order valence-corrected chi connectivity index (χ0v) is 9.64. The maximum Gasteiger partial charge on any atom is 0.0372 e. The van der Waals surface area contributed by atoms with Crippen molar-refractivity contribution in [1.29, 1.82) is 0 Å². The molecule has 0 bridgehead atoms. The second-order valence-corrected chi connectivity index (χ2v) is 4.47. The van der Waals surface area contributed by atoms with Crippen molar-refractivity contribution in [3.63, 3.8) is 0 Å². The van der Waals surface area contributed by atoms with Gasteiger partial charge in [-0.2, -0.15) is 0 Å². The third-order valence-electron chi connectivity index (χ3n) is 2.84. The first-order chi connectivity index (χ1) is 7.25. The van der Waals surface area contributed by atoms with Gasteiger partial charge in [-0.3, -0.25) is 0 Å². The first-order valence-corrected chi connectivity index (χ1v) is 5.80. The number of rotatable bonds is 5. The molecule has 0 spiro atoms. The molecule has 0 aliphatic heterocycles. The molecule has 0 atom stereocenters. The molecule has 0 radical (unpaired) electrons. The lowest BCUT2D eigenvalue weighted by Gasteiger charge is -2.10. The summed E-state index contributed by atoms with van der Waals surface area (Å²) in [5.41, 5.74) is 3.91. The fourth-order valence-electron chi connectivity index (χ4n) is 1.69. The summed E-state index contributed by atoms with van der Waals surface area (Å²) in [5.74, 6) is 0. The molecule has 2 rings (SSSR count). The van der Waals surface area contributed by atoms with Gasteiger partial charge in [0.25, 0.3) is 0 Å². The standard InChI is InChI=1S/C13H20N2/c1-10-3-4-11(2)13(9-10)15-8-7-14-12-5-6-12/h3-4,9,12,14-15H,5-8H2,1-2H3. The van der Waals surface area contributed by atoms with E-state index in [1.165, 1.54) is 29.7 Å². The smallest absolute Gasteiger partial charge is 0.0372 e. The highest BCUT2D eigenvalue weighted by atomic mass is 15.0. The molecule has 15 heavy (non-hydrogen) atoms. The average molecular weight is 204 g/mol. The summed E-state index contributed by atoms with van der Waals surface area (Å²) in [6.07, 6.45) is 2.73. The van der Waals surface area contributed by atoms with Gasteiger partial charge in [0, 0.05) is 24.8 Å². The number of aryl methyl sites for hydroxylation is 2. The Hall–Kier alpha value is -1.02. The summed E-state index contributed by atoms with van der Waals surface area (Å²) >= 11 is 0. The number of benzene rings is 1. The summed E-state index contributed by atoms with van der Waals surface area (Å²) < 4.78 is 0. The minimum atomic E-state index is 0.811. The summed E-state index contributed by atoms with van der Waals surface area (Å²) in [6.45, 7) is 6.36. The van der Waals surface area contributed by atoms with E-state index in [1.807, 2.05) is 0 Å². The molecular formula is C13H20N2. The van der Waals surface area contributed by atoms with Gasteiger partial charge in [-0.1, -0.05) is 12.1 Å². The number of hydrogen-bond acceptors (Lipinski definition) is 2. The largest absolute Gasteiger partial charge is 0.384 e. The highest BCUT2D eigenvalue weighted by Gasteiger charge is 2.19. The predicted molar refractivity (Wildman–Crippen MR) is 65.4 cm³/mol. The Kier molecular flexibility index (Phi) is 3.27. The Morgan fingerprint density at radius 1 is 1.20 bits per heavy atom. The first-order valence-electron chi connectivity index (χ1n) is 5.80. The van der Waals surface area contributed by atoms with Gasteiger partial charge in [-0.25, -0.2) is 0 Å². The monoisotopic (exact) mass is 204 g/mol. The highest BCUT2D eigenvalue weighted by Crippen LogP contribution is 2.18. The van der Waals surface area contributed by atoms with E-state index in [4.69, 9.17) is 0 Å². The molecule has 0 saturated heterocycles. The molecule has 1 saturated carbocycles. The molecule has 0 amide bonds. The SMILES string of the molecule is Cc1ccc(C)c(NCCNC2CC2)c1. The Labute approximate surface area is 92.1 Å².